The topological polar surface area (TPSA) is 50.7 Å². The number of hydrogen-bond acceptors (Lipinski definition) is 5. The van der Waals surface area contributed by atoms with Gasteiger partial charge in [0.25, 0.3) is 0 Å². The Morgan fingerprint density at radius 1 is 1.12 bits per heavy atom. The van der Waals surface area contributed by atoms with Crippen LogP contribution in [-0.2, 0) is 12.8 Å². The molecule has 1 N–H and O–H groups in total. The van der Waals surface area contributed by atoms with E-state index >= 15 is 0 Å². The van der Waals surface area contributed by atoms with E-state index in [4.69, 9.17) is 4.98 Å². The standard InChI is InChI=1S/C21H28N4S/c1-4-5-6-7-11-22-20-19-18(23-12-24-20)16-14-9-8-10-15(14)17(13(2)3)25-21(16)26-19/h12-13H,4-11H2,1-3H3,(H,22,23,24). The number of unbranched alkanes of at least 4 members (excludes halogenated alkanes) is 3. The van der Waals surface area contributed by atoms with Crippen molar-refractivity contribution in [2.75, 3.05) is 11.9 Å². The summed E-state index contributed by atoms with van der Waals surface area (Å²) in [5.74, 6) is 1.45. The maximum atomic E-state index is 5.07. The Bertz CT molecular complexity index is 929. The molecule has 0 radical (unpaired) electrons. The Labute approximate surface area is 159 Å². The summed E-state index contributed by atoms with van der Waals surface area (Å²) in [5.41, 5.74) is 5.37. The quantitative estimate of drug-likeness (QED) is 0.532. The number of thiophene rings is 1. The van der Waals surface area contributed by atoms with Gasteiger partial charge in [-0.2, -0.15) is 0 Å². The summed E-state index contributed by atoms with van der Waals surface area (Å²) in [6.07, 6.45) is 10.3. The molecule has 0 aromatic carbocycles. The van der Waals surface area contributed by atoms with E-state index in [2.05, 4.69) is 36.1 Å². The van der Waals surface area contributed by atoms with E-state index < -0.39 is 0 Å². The zero-order valence-corrected chi connectivity index (χ0v) is 16.9. The van der Waals surface area contributed by atoms with E-state index in [0.29, 0.717) is 5.92 Å². The molecule has 3 aromatic rings. The molecule has 3 aromatic heterocycles. The van der Waals surface area contributed by atoms with E-state index in [1.165, 1.54) is 59.0 Å². The summed E-state index contributed by atoms with van der Waals surface area (Å²) in [7, 11) is 0. The number of pyridine rings is 1. The molecule has 1 aliphatic carbocycles. The van der Waals surface area contributed by atoms with Gasteiger partial charge in [0.05, 0.1) is 10.2 Å². The van der Waals surface area contributed by atoms with Crippen LogP contribution in [0.25, 0.3) is 20.4 Å². The Balaban J connectivity index is 1.76. The van der Waals surface area contributed by atoms with E-state index in [1.54, 1.807) is 17.7 Å². The molecule has 0 saturated heterocycles. The molecule has 0 fully saturated rings. The lowest BCUT2D eigenvalue weighted by Crippen LogP contribution is -2.03. The summed E-state index contributed by atoms with van der Waals surface area (Å²) in [5, 5.41) is 4.83. The van der Waals surface area contributed by atoms with Crippen LogP contribution < -0.4 is 5.32 Å². The highest BCUT2D eigenvalue weighted by molar-refractivity contribution is 7.26. The number of rotatable bonds is 7. The van der Waals surface area contributed by atoms with Gasteiger partial charge < -0.3 is 5.32 Å². The molecule has 0 bridgehead atoms. The Morgan fingerprint density at radius 2 is 1.96 bits per heavy atom. The summed E-state index contributed by atoms with van der Waals surface area (Å²) in [6, 6.07) is 0. The number of aryl methyl sites for hydroxylation is 1. The lowest BCUT2D eigenvalue weighted by Gasteiger charge is -2.11. The van der Waals surface area contributed by atoms with Crippen LogP contribution in [0.5, 0.6) is 0 Å². The van der Waals surface area contributed by atoms with Crippen LogP contribution in [0.3, 0.4) is 0 Å². The van der Waals surface area contributed by atoms with Crippen molar-refractivity contribution >= 4 is 37.6 Å². The molecular formula is C21H28N4S. The van der Waals surface area contributed by atoms with Gasteiger partial charge in [-0.05, 0) is 42.7 Å². The molecule has 26 heavy (non-hydrogen) atoms. The van der Waals surface area contributed by atoms with Crippen molar-refractivity contribution in [2.45, 2.75) is 71.6 Å². The fraction of sp³-hybridized carbons (Fsp3) is 0.571. The van der Waals surface area contributed by atoms with Crippen molar-refractivity contribution in [3.8, 4) is 0 Å². The van der Waals surface area contributed by atoms with Gasteiger partial charge >= 0.3 is 0 Å². The highest BCUT2D eigenvalue weighted by Gasteiger charge is 2.25. The van der Waals surface area contributed by atoms with E-state index in [9.17, 15) is 0 Å². The first kappa shape index (κ1) is 17.7. The first-order chi connectivity index (χ1) is 12.7. The van der Waals surface area contributed by atoms with Crippen LogP contribution in [0.1, 0.15) is 75.6 Å². The van der Waals surface area contributed by atoms with Gasteiger partial charge in [0.2, 0.25) is 0 Å². The van der Waals surface area contributed by atoms with Crippen LogP contribution in [0.15, 0.2) is 6.33 Å². The highest BCUT2D eigenvalue weighted by atomic mass is 32.1. The molecule has 0 atom stereocenters. The van der Waals surface area contributed by atoms with Gasteiger partial charge in [-0.1, -0.05) is 40.0 Å². The SMILES string of the molecule is CCCCCCNc1ncnc2c1sc1nc(C(C)C)c3c(c12)CCC3. The van der Waals surface area contributed by atoms with Gasteiger partial charge in [0, 0.05) is 17.6 Å². The maximum absolute atomic E-state index is 5.07. The largest absolute Gasteiger partial charge is 0.369 e. The molecule has 138 valence electrons. The zero-order chi connectivity index (χ0) is 18.1. The number of aromatic nitrogens is 3. The zero-order valence-electron chi connectivity index (χ0n) is 16.1. The third-order valence-electron chi connectivity index (χ3n) is 5.37. The second-order valence-corrected chi connectivity index (χ2v) is 8.63. The number of nitrogens with zero attached hydrogens (tertiary/aromatic N) is 3. The van der Waals surface area contributed by atoms with Crippen molar-refractivity contribution in [2.24, 2.45) is 0 Å². The van der Waals surface area contributed by atoms with Crippen molar-refractivity contribution in [3.05, 3.63) is 23.1 Å². The van der Waals surface area contributed by atoms with Gasteiger partial charge in [-0.3, -0.25) is 0 Å². The minimum atomic E-state index is 0.471. The smallest absolute Gasteiger partial charge is 0.147 e. The summed E-state index contributed by atoms with van der Waals surface area (Å²) < 4.78 is 1.17. The van der Waals surface area contributed by atoms with Crippen molar-refractivity contribution in [1.29, 1.82) is 0 Å². The van der Waals surface area contributed by atoms with Gasteiger partial charge in [-0.15, -0.1) is 11.3 Å². The molecule has 0 aliphatic heterocycles. The second-order valence-electron chi connectivity index (χ2n) is 7.63. The second kappa shape index (κ2) is 7.47. The Hall–Kier alpha value is -1.75. The van der Waals surface area contributed by atoms with Crippen molar-refractivity contribution in [3.63, 3.8) is 0 Å². The fourth-order valence-corrected chi connectivity index (χ4v) is 5.22. The first-order valence-corrected chi connectivity index (χ1v) is 10.8. The predicted octanol–water partition coefficient (Wildman–Crippen LogP) is 5.84. The van der Waals surface area contributed by atoms with Crippen molar-refractivity contribution in [1.82, 2.24) is 15.0 Å². The lowest BCUT2D eigenvalue weighted by atomic mass is 9.99. The number of nitrogens with one attached hydrogen (secondary N) is 1. The van der Waals surface area contributed by atoms with E-state index in [0.717, 1.165) is 35.6 Å². The summed E-state index contributed by atoms with van der Waals surface area (Å²) in [4.78, 5) is 15.4. The maximum Gasteiger partial charge on any atom is 0.147 e. The van der Waals surface area contributed by atoms with E-state index in [-0.39, 0.29) is 0 Å². The normalized spacial score (nSPS) is 13.8. The average molecular weight is 369 g/mol. The Morgan fingerprint density at radius 3 is 2.77 bits per heavy atom. The minimum Gasteiger partial charge on any atom is -0.369 e. The molecule has 1 aliphatic rings. The van der Waals surface area contributed by atoms with Crippen LogP contribution >= 0.6 is 11.3 Å². The fourth-order valence-electron chi connectivity index (χ4n) is 4.09. The first-order valence-electron chi connectivity index (χ1n) is 10.0. The summed E-state index contributed by atoms with van der Waals surface area (Å²) in [6.45, 7) is 7.73. The molecule has 0 spiro atoms. The molecule has 0 saturated carbocycles. The van der Waals surface area contributed by atoms with Crippen LogP contribution in [-0.4, -0.2) is 21.5 Å². The summed E-state index contributed by atoms with van der Waals surface area (Å²) >= 11 is 1.76. The van der Waals surface area contributed by atoms with E-state index in [1.807, 2.05) is 0 Å². The van der Waals surface area contributed by atoms with Crippen molar-refractivity contribution < 1.29 is 0 Å². The van der Waals surface area contributed by atoms with Crippen LogP contribution in [0.2, 0.25) is 0 Å². The third kappa shape index (κ3) is 3.07. The number of hydrogen-bond donors (Lipinski definition) is 1. The molecule has 3 heterocycles. The average Bonchev–Trinajstić information content (AvgIpc) is 3.24. The molecule has 0 unspecified atom stereocenters. The van der Waals surface area contributed by atoms with Crippen LogP contribution in [0, 0.1) is 0 Å². The minimum absolute atomic E-state index is 0.471. The molecule has 4 rings (SSSR count). The number of anilines is 1. The predicted molar refractivity (Wildman–Crippen MR) is 111 cm³/mol. The Kier molecular flexibility index (Phi) is 5.07. The monoisotopic (exact) mass is 368 g/mol. The van der Waals surface area contributed by atoms with Gasteiger partial charge in [-0.25, -0.2) is 15.0 Å². The number of fused-ring (bicyclic) bond motifs is 5. The lowest BCUT2D eigenvalue weighted by molar-refractivity contribution is 0.684. The molecule has 5 heteroatoms. The third-order valence-corrected chi connectivity index (χ3v) is 6.45. The highest BCUT2D eigenvalue weighted by Crippen LogP contribution is 2.42. The van der Waals surface area contributed by atoms with Gasteiger partial charge in [0.1, 0.15) is 17.0 Å². The molecular weight excluding hydrogens is 340 g/mol. The van der Waals surface area contributed by atoms with Gasteiger partial charge in [0.15, 0.2) is 0 Å². The molecule has 0 amide bonds. The molecule has 4 nitrogen and oxygen atoms in total. The van der Waals surface area contributed by atoms with Crippen LogP contribution in [0.4, 0.5) is 5.82 Å².